The molecule has 0 bridgehead atoms. The van der Waals surface area contributed by atoms with E-state index >= 15 is 0 Å². The van der Waals surface area contributed by atoms with Crippen molar-refractivity contribution in [1.82, 2.24) is 0 Å². The van der Waals surface area contributed by atoms with Crippen molar-refractivity contribution in [3.63, 3.8) is 0 Å². The second kappa shape index (κ2) is 8.55. The molecule has 2 aliphatic rings. The van der Waals surface area contributed by atoms with E-state index in [1.807, 2.05) is 19.1 Å². The Morgan fingerprint density at radius 2 is 1.78 bits per heavy atom. The number of hydrogen-bond donors (Lipinski definition) is 2. The molecule has 3 aromatic rings. The molecule has 2 aliphatic heterocycles. The largest absolute Gasteiger partial charge is 0.504 e. The van der Waals surface area contributed by atoms with Crippen LogP contribution in [0.2, 0.25) is 0 Å². The van der Waals surface area contributed by atoms with Gasteiger partial charge in [0.05, 0.1) is 18.2 Å². The van der Waals surface area contributed by atoms with Crippen LogP contribution in [0.3, 0.4) is 0 Å². The van der Waals surface area contributed by atoms with E-state index in [0.717, 1.165) is 22.4 Å². The fourth-order valence-corrected chi connectivity index (χ4v) is 5.55. The monoisotopic (exact) mass is 511 g/mol. The zero-order valence-corrected chi connectivity index (χ0v) is 20.9. The molecule has 2 heterocycles. The number of phenolic OH excluding ortho intramolecular Hbond substituents is 1. The molecule has 4 nitrogen and oxygen atoms in total. The molecule has 0 aliphatic carbocycles. The number of methoxy groups -OCH3 is 1. The fraction of sp³-hybridized carbons (Fsp3) is 0.214. The predicted octanol–water partition coefficient (Wildman–Crippen LogP) is 8.18. The highest BCUT2D eigenvalue weighted by Gasteiger charge is 2.34. The van der Waals surface area contributed by atoms with Crippen LogP contribution in [0.25, 0.3) is 28.5 Å². The van der Waals surface area contributed by atoms with E-state index in [4.69, 9.17) is 9.47 Å². The lowest BCUT2D eigenvalue weighted by molar-refractivity contribution is -0.0328. The molecule has 0 radical (unpaired) electrons. The summed E-state index contributed by atoms with van der Waals surface area (Å²) in [5.41, 5.74) is 0.502. The fourth-order valence-electron chi connectivity index (χ4n) is 4.91. The molecular formula is C28H24F3NO3S. The van der Waals surface area contributed by atoms with Gasteiger partial charge in [0.25, 0.3) is 0 Å². The second-order valence-corrected chi connectivity index (χ2v) is 10.4. The van der Waals surface area contributed by atoms with Crippen molar-refractivity contribution in [3.05, 3.63) is 71.3 Å². The third-order valence-electron chi connectivity index (χ3n) is 6.10. The highest BCUT2D eigenvalue weighted by molar-refractivity contribution is 8.00. The highest BCUT2D eigenvalue weighted by atomic mass is 32.2. The Morgan fingerprint density at radius 1 is 1.03 bits per heavy atom. The number of benzene rings is 3. The minimum atomic E-state index is -4.43. The Balaban J connectivity index is 1.80. The van der Waals surface area contributed by atoms with E-state index in [-0.39, 0.29) is 33.7 Å². The number of hydrogen-bond acceptors (Lipinski definition) is 5. The van der Waals surface area contributed by atoms with Crippen molar-refractivity contribution in [2.24, 2.45) is 0 Å². The summed E-state index contributed by atoms with van der Waals surface area (Å²) in [6.45, 7) is 6.13. The normalized spacial score (nSPS) is 16.8. The molecule has 8 heteroatoms. The molecule has 0 aromatic heterocycles. The summed E-state index contributed by atoms with van der Waals surface area (Å²) in [7, 11) is 1.47. The summed E-state index contributed by atoms with van der Waals surface area (Å²) in [4.78, 5) is 0.0769. The van der Waals surface area contributed by atoms with Crippen LogP contribution < -0.4 is 14.8 Å². The van der Waals surface area contributed by atoms with E-state index in [1.54, 1.807) is 30.3 Å². The van der Waals surface area contributed by atoms with Crippen LogP contribution in [-0.4, -0.2) is 23.3 Å². The van der Waals surface area contributed by atoms with Crippen molar-refractivity contribution in [2.45, 2.75) is 36.7 Å². The molecule has 36 heavy (non-hydrogen) atoms. The van der Waals surface area contributed by atoms with Crippen LogP contribution in [0.1, 0.15) is 37.5 Å². The topological polar surface area (TPSA) is 50.7 Å². The van der Waals surface area contributed by atoms with E-state index in [0.29, 0.717) is 28.2 Å². The van der Waals surface area contributed by atoms with Crippen LogP contribution >= 0.6 is 11.8 Å². The molecule has 3 aromatic carbocycles. The number of halogens is 3. The Bertz CT molecular complexity index is 1440. The van der Waals surface area contributed by atoms with Gasteiger partial charge in [-0.15, -0.1) is 0 Å². The number of alkyl halides is 3. The summed E-state index contributed by atoms with van der Waals surface area (Å²) >= 11 is -0.157. The predicted molar refractivity (Wildman–Crippen MR) is 138 cm³/mol. The molecule has 0 unspecified atom stereocenters. The zero-order chi connectivity index (χ0) is 25.8. The smallest absolute Gasteiger partial charge is 0.446 e. The first-order valence-electron chi connectivity index (χ1n) is 11.3. The van der Waals surface area contributed by atoms with Gasteiger partial charge >= 0.3 is 5.51 Å². The maximum atomic E-state index is 13.3. The number of nitrogens with one attached hydrogen (secondary N) is 1. The van der Waals surface area contributed by atoms with Gasteiger partial charge in [-0.25, -0.2) is 0 Å². The molecule has 186 valence electrons. The molecular weight excluding hydrogens is 487 g/mol. The molecule has 0 atom stereocenters. The first-order chi connectivity index (χ1) is 17.0. The van der Waals surface area contributed by atoms with Crippen molar-refractivity contribution in [3.8, 4) is 28.4 Å². The number of anilines is 1. The van der Waals surface area contributed by atoms with Crippen molar-refractivity contribution < 1.29 is 27.8 Å². The Morgan fingerprint density at radius 3 is 2.50 bits per heavy atom. The standard InChI is InChI=1S/C28H24F3NO3S/c1-15-14-27(2,3)32-18-10-9-17-24(23(15)18)21(35-20-12-11-19(33)26(34-4)25(17)20)13-16-7-5-6-8-22(16)36-28(29,30)31/h5-14,32-33H,1-4H3. The molecule has 0 fully saturated rings. The average Bonchev–Trinajstić information content (AvgIpc) is 2.78. The number of phenols is 1. The maximum absolute atomic E-state index is 13.3. The number of ether oxygens (including phenoxy) is 2. The van der Waals surface area contributed by atoms with E-state index in [9.17, 15) is 18.3 Å². The maximum Gasteiger partial charge on any atom is 0.446 e. The number of allylic oxidation sites excluding steroid dienone is 1. The van der Waals surface area contributed by atoms with Gasteiger partial charge in [-0.05, 0) is 74.0 Å². The van der Waals surface area contributed by atoms with Gasteiger partial charge in [0.15, 0.2) is 11.5 Å². The summed E-state index contributed by atoms with van der Waals surface area (Å²) in [6, 6.07) is 13.3. The van der Waals surface area contributed by atoms with E-state index in [1.165, 1.54) is 19.2 Å². The lowest BCUT2D eigenvalue weighted by Crippen LogP contribution is -2.32. The summed E-state index contributed by atoms with van der Waals surface area (Å²) in [5, 5.41) is 14.0. The zero-order valence-electron chi connectivity index (χ0n) is 20.1. The Labute approximate surface area is 211 Å². The van der Waals surface area contributed by atoms with Crippen molar-refractivity contribution in [2.75, 3.05) is 12.4 Å². The molecule has 0 saturated heterocycles. The number of rotatable bonds is 3. The van der Waals surface area contributed by atoms with Gasteiger partial charge in [0, 0.05) is 27.3 Å². The van der Waals surface area contributed by atoms with E-state index < -0.39 is 5.51 Å². The third-order valence-corrected chi connectivity index (χ3v) is 6.93. The average molecular weight is 512 g/mol. The van der Waals surface area contributed by atoms with Crippen molar-refractivity contribution in [1.29, 1.82) is 0 Å². The quantitative estimate of drug-likeness (QED) is 0.347. The summed E-state index contributed by atoms with van der Waals surface area (Å²) in [5.74, 6) is 1.09. The first-order valence-corrected chi connectivity index (χ1v) is 12.1. The Kier molecular flexibility index (Phi) is 5.75. The molecule has 0 spiro atoms. The van der Waals surface area contributed by atoms with Crippen LogP contribution in [0.4, 0.5) is 18.9 Å². The van der Waals surface area contributed by atoms with Crippen LogP contribution in [0.5, 0.6) is 17.2 Å². The van der Waals surface area contributed by atoms with Gasteiger partial charge in [0.1, 0.15) is 11.5 Å². The van der Waals surface area contributed by atoms with Gasteiger partial charge in [0.2, 0.25) is 0 Å². The second-order valence-electron chi connectivity index (χ2n) is 9.27. The number of aromatic hydroxyl groups is 1. The third kappa shape index (κ3) is 4.30. The van der Waals surface area contributed by atoms with Crippen LogP contribution in [0, 0.1) is 0 Å². The van der Waals surface area contributed by atoms with Gasteiger partial charge < -0.3 is 19.9 Å². The lowest BCUT2D eigenvalue weighted by Gasteiger charge is -2.35. The summed E-state index contributed by atoms with van der Waals surface area (Å²) < 4.78 is 51.7. The Hall–Kier alpha value is -3.52. The van der Waals surface area contributed by atoms with Gasteiger partial charge in [-0.2, -0.15) is 13.2 Å². The molecule has 0 amide bonds. The molecule has 0 saturated carbocycles. The number of fused-ring (bicyclic) bond motifs is 5. The highest BCUT2D eigenvalue weighted by Crippen LogP contribution is 2.54. The van der Waals surface area contributed by atoms with Gasteiger partial charge in [-0.3, -0.25) is 0 Å². The van der Waals surface area contributed by atoms with Crippen LogP contribution in [-0.2, 0) is 0 Å². The van der Waals surface area contributed by atoms with Crippen LogP contribution in [0.15, 0.2) is 59.5 Å². The van der Waals surface area contributed by atoms with Crippen molar-refractivity contribution >= 4 is 34.9 Å². The number of thioether (sulfide) groups is 1. The minimum Gasteiger partial charge on any atom is -0.504 e. The van der Waals surface area contributed by atoms with E-state index in [2.05, 4.69) is 25.2 Å². The lowest BCUT2D eigenvalue weighted by atomic mass is 9.83. The SMILES string of the molecule is COc1c(O)ccc2c1-c1ccc3c(c1C(=Cc1ccccc1SC(F)(F)F)O2)C(C)=CC(C)(C)N3. The first kappa shape index (κ1) is 24.2. The summed E-state index contributed by atoms with van der Waals surface area (Å²) in [6.07, 6.45) is 3.75. The molecule has 5 rings (SSSR count). The van der Waals surface area contributed by atoms with Gasteiger partial charge in [-0.1, -0.05) is 30.3 Å². The molecule has 2 N–H and O–H groups in total. The minimum absolute atomic E-state index is 0.0330.